The standard InChI is InChI=1S/C11H11F2N3/c1-16-5-4-9(15-16)7-14-8-2-3-10(12)11(13)6-8/h2-6,14H,7H2,1H3. The van der Waals surface area contributed by atoms with Gasteiger partial charge in [-0.2, -0.15) is 5.10 Å². The molecular weight excluding hydrogens is 212 g/mol. The van der Waals surface area contributed by atoms with Gasteiger partial charge >= 0.3 is 0 Å². The number of aryl methyl sites for hydroxylation is 1. The smallest absolute Gasteiger partial charge is 0.160 e. The van der Waals surface area contributed by atoms with Crippen molar-refractivity contribution in [3.8, 4) is 0 Å². The van der Waals surface area contributed by atoms with Crippen LogP contribution in [0.15, 0.2) is 30.5 Å². The van der Waals surface area contributed by atoms with Crippen LogP contribution in [0.4, 0.5) is 14.5 Å². The SMILES string of the molecule is Cn1ccc(CNc2ccc(F)c(F)c2)n1. The van der Waals surface area contributed by atoms with Gasteiger partial charge in [0.15, 0.2) is 11.6 Å². The molecule has 2 aromatic rings. The predicted octanol–water partition coefficient (Wildman–Crippen LogP) is 2.31. The summed E-state index contributed by atoms with van der Waals surface area (Å²) >= 11 is 0. The summed E-state index contributed by atoms with van der Waals surface area (Å²) in [7, 11) is 1.82. The summed E-state index contributed by atoms with van der Waals surface area (Å²) in [6.45, 7) is 0.478. The van der Waals surface area contributed by atoms with Crippen molar-refractivity contribution < 1.29 is 8.78 Å². The Labute approximate surface area is 91.7 Å². The number of anilines is 1. The van der Waals surface area contributed by atoms with Crippen LogP contribution in [0, 0.1) is 11.6 Å². The highest BCUT2D eigenvalue weighted by atomic mass is 19.2. The zero-order valence-corrected chi connectivity index (χ0v) is 8.74. The molecule has 1 aromatic heterocycles. The van der Waals surface area contributed by atoms with Crippen LogP contribution in [0.5, 0.6) is 0 Å². The Kier molecular flexibility index (Phi) is 2.85. The third-order valence-corrected chi connectivity index (χ3v) is 2.16. The highest BCUT2D eigenvalue weighted by Gasteiger charge is 2.02. The summed E-state index contributed by atoms with van der Waals surface area (Å²) in [5.41, 5.74) is 1.37. The van der Waals surface area contributed by atoms with E-state index in [0.717, 1.165) is 17.8 Å². The van der Waals surface area contributed by atoms with Crippen LogP contribution < -0.4 is 5.32 Å². The molecule has 2 rings (SSSR count). The first kappa shape index (κ1) is 10.6. The molecule has 0 aliphatic carbocycles. The minimum absolute atomic E-state index is 0.478. The van der Waals surface area contributed by atoms with E-state index in [-0.39, 0.29) is 0 Å². The van der Waals surface area contributed by atoms with Gasteiger partial charge in [0.25, 0.3) is 0 Å². The zero-order valence-electron chi connectivity index (χ0n) is 8.74. The lowest BCUT2D eigenvalue weighted by Gasteiger charge is -2.04. The molecule has 0 atom stereocenters. The number of nitrogens with one attached hydrogen (secondary N) is 1. The van der Waals surface area contributed by atoms with E-state index in [2.05, 4.69) is 10.4 Å². The third kappa shape index (κ3) is 2.36. The molecule has 0 saturated heterocycles. The van der Waals surface area contributed by atoms with Crippen molar-refractivity contribution in [1.29, 1.82) is 0 Å². The molecule has 16 heavy (non-hydrogen) atoms. The molecule has 0 amide bonds. The lowest BCUT2D eigenvalue weighted by atomic mass is 10.3. The van der Waals surface area contributed by atoms with Crippen LogP contribution >= 0.6 is 0 Å². The Bertz CT molecular complexity index is 494. The van der Waals surface area contributed by atoms with Crippen molar-refractivity contribution in [3.05, 3.63) is 47.8 Å². The number of rotatable bonds is 3. The van der Waals surface area contributed by atoms with Crippen molar-refractivity contribution in [2.24, 2.45) is 7.05 Å². The molecule has 3 nitrogen and oxygen atoms in total. The van der Waals surface area contributed by atoms with Gasteiger partial charge < -0.3 is 5.32 Å². The molecular formula is C11H11F2N3. The molecule has 0 fully saturated rings. The molecule has 0 unspecified atom stereocenters. The van der Waals surface area contributed by atoms with Gasteiger partial charge in [-0.05, 0) is 18.2 Å². The zero-order chi connectivity index (χ0) is 11.5. The van der Waals surface area contributed by atoms with Gasteiger partial charge in [-0.3, -0.25) is 4.68 Å². The molecule has 1 N–H and O–H groups in total. The fourth-order valence-electron chi connectivity index (χ4n) is 1.36. The number of halogens is 2. The normalized spacial score (nSPS) is 10.4. The fourth-order valence-corrected chi connectivity index (χ4v) is 1.36. The Morgan fingerprint density at radius 1 is 1.25 bits per heavy atom. The number of hydrogen-bond acceptors (Lipinski definition) is 2. The lowest BCUT2D eigenvalue weighted by Crippen LogP contribution is -2.01. The quantitative estimate of drug-likeness (QED) is 0.865. The molecule has 0 saturated carbocycles. The van der Waals surface area contributed by atoms with Crippen LogP contribution in [0.1, 0.15) is 5.69 Å². The van der Waals surface area contributed by atoms with E-state index in [1.165, 1.54) is 6.07 Å². The number of hydrogen-bond donors (Lipinski definition) is 1. The number of benzene rings is 1. The number of nitrogens with zero attached hydrogens (tertiary/aromatic N) is 2. The highest BCUT2D eigenvalue weighted by molar-refractivity contribution is 5.43. The van der Waals surface area contributed by atoms with Crippen molar-refractivity contribution >= 4 is 5.69 Å². The first-order valence-electron chi connectivity index (χ1n) is 4.82. The molecule has 1 heterocycles. The van der Waals surface area contributed by atoms with Gasteiger partial charge in [-0.1, -0.05) is 0 Å². The second-order valence-corrected chi connectivity index (χ2v) is 3.46. The van der Waals surface area contributed by atoms with Gasteiger partial charge in [0.2, 0.25) is 0 Å². The largest absolute Gasteiger partial charge is 0.379 e. The molecule has 0 radical (unpaired) electrons. The molecule has 0 bridgehead atoms. The van der Waals surface area contributed by atoms with E-state index in [0.29, 0.717) is 12.2 Å². The summed E-state index contributed by atoms with van der Waals surface area (Å²) in [6.07, 6.45) is 1.82. The molecule has 84 valence electrons. The minimum Gasteiger partial charge on any atom is -0.379 e. The molecule has 0 aliphatic rings. The van der Waals surface area contributed by atoms with E-state index >= 15 is 0 Å². The first-order valence-corrected chi connectivity index (χ1v) is 4.82. The van der Waals surface area contributed by atoms with Crippen LogP contribution in [0.3, 0.4) is 0 Å². The van der Waals surface area contributed by atoms with Crippen molar-refractivity contribution in [2.75, 3.05) is 5.32 Å². The topological polar surface area (TPSA) is 29.9 Å². The van der Waals surface area contributed by atoms with Gasteiger partial charge in [-0.15, -0.1) is 0 Å². The van der Waals surface area contributed by atoms with Crippen molar-refractivity contribution in [1.82, 2.24) is 9.78 Å². The Balaban J connectivity index is 2.02. The summed E-state index contributed by atoms with van der Waals surface area (Å²) in [5, 5.41) is 7.11. The average Bonchev–Trinajstić information content (AvgIpc) is 2.66. The van der Waals surface area contributed by atoms with E-state index in [4.69, 9.17) is 0 Å². The monoisotopic (exact) mass is 223 g/mol. The van der Waals surface area contributed by atoms with Crippen LogP contribution in [-0.2, 0) is 13.6 Å². The molecule has 1 aromatic carbocycles. The maximum atomic E-state index is 12.9. The van der Waals surface area contributed by atoms with Crippen molar-refractivity contribution in [2.45, 2.75) is 6.54 Å². The van der Waals surface area contributed by atoms with Gasteiger partial charge in [0.1, 0.15) is 0 Å². The second-order valence-electron chi connectivity index (χ2n) is 3.46. The van der Waals surface area contributed by atoms with Gasteiger partial charge in [0, 0.05) is 25.0 Å². The van der Waals surface area contributed by atoms with Crippen molar-refractivity contribution in [3.63, 3.8) is 0 Å². The highest BCUT2D eigenvalue weighted by Crippen LogP contribution is 2.13. The third-order valence-electron chi connectivity index (χ3n) is 2.16. The summed E-state index contributed by atoms with van der Waals surface area (Å²) in [5.74, 6) is -1.70. The van der Waals surface area contributed by atoms with Crippen LogP contribution in [-0.4, -0.2) is 9.78 Å². The van der Waals surface area contributed by atoms with Crippen LogP contribution in [0.2, 0.25) is 0 Å². The first-order chi connectivity index (χ1) is 7.65. The predicted molar refractivity (Wildman–Crippen MR) is 56.9 cm³/mol. The van der Waals surface area contributed by atoms with E-state index in [1.807, 2.05) is 19.3 Å². The van der Waals surface area contributed by atoms with E-state index in [1.54, 1.807) is 4.68 Å². The maximum absolute atomic E-state index is 12.9. The Morgan fingerprint density at radius 3 is 2.69 bits per heavy atom. The summed E-state index contributed by atoms with van der Waals surface area (Å²) in [4.78, 5) is 0. The fraction of sp³-hybridized carbons (Fsp3) is 0.182. The summed E-state index contributed by atoms with van der Waals surface area (Å²) in [6, 6.07) is 5.56. The number of aromatic nitrogens is 2. The Hall–Kier alpha value is -1.91. The van der Waals surface area contributed by atoms with Gasteiger partial charge in [0.05, 0.1) is 12.2 Å². The minimum atomic E-state index is -0.856. The van der Waals surface area contributed by atoms with Gasteiger partial charge in [-0.25, -0.2) is 8.78 Å². The summed E-state index contributed by atoms with van der Waals surface area (Å²) < 4.78 is 27.2. The maximum Gasteiger partial charge on any atom is 0.160 e. The van der Waals surface area contributed by atoms with E-state index in [9.17, 15) is 8.78 Å². The Morgan fingerprint density at radius 2 is 2.06 bits per heavy atom. The van der Waals surface area contributed by atoms with Crippen LogP contribution in [0.25, 0.3) is 0 Å². The van der Waals surface area contributed by atoms with E-state index < -0.39 is 11.6 Å². The lowest BCUT2D eigenvalue weighted by molar-refractivity contribution is 0.509. The molecule has 0 aliphatic heterocycles. The molecule has 5 heteroatoms. The second kappa shape index (κ2) is 4.30. The average molecular weight is 223 g/mol. The molecule has 0 spiro atoms.